The van der Waals surface area contributed by atoms with Gasteiger partial charge in [-0.1, -0.05) is 48.0 Å². The van der Waals surface area contributed by atoms with E-state index in [2.05, 4.69) is 45.4 Å². The van der Waals surface area contributed by atoms with Crippen LogP contribution in [-0.4, -0.2) is 26.4 Å². The molecule has 21 heavy (non-hydrogen) atoms. The van der Waals surface area contributed by atoms with Crippen molar-refractivity contribution in [3.8, 4) is 0 Å². The van der Waals surface area contributed by atoms with E-state index in [-0.39, 0.29) is 5.75 Å². The zero-order chi connectivity index (χ0) is 15.4. The van der Waals surface area contributed by atoms with Crippen LogP contribution in [0, 0.1) is 0 Å². The highest BCUT2D eigenvalue weighted by Gasteiger charge is 2.18. The highest BCUT2D eigenvalue weighted by molar-refractivity contribution is 9.10. The average molecular weight is 371 g/mol. The lowest BCUT2D eigenvalue weighted by atomic mass is 10.1. The number of halogens is 1. The fraction of sp³-hybridized carbons (Fsp3) is 0.467. The van der Waals surface area contributed by atoms with Crippen LogP contribution in [0.5, 0.6) is 0 Å². The average Bonchev–Trinajstić information content (AvgIpc) is 2.79. The van der Waals surface area contributed by atoms with Crippen LogP contribution in [0.2, 0.25) is 0 Å². The second kappa shape index (κ2) is 7.31. The van der Waals surface area contributed by atoms with E-state index in [9.17, 15) is 4.79 Å². The number of aliphatic carboxylic acids is 1. The Kier molecular flexibility index (Phi) is 5.70. The van der Waals surface area contributed by atoms with Gasteiger partial charge in [0, 0.05) is 10.5 Å². The van der Waals surface area contributed by atoms with Crippen molar-refractivity contribution in [2.24, 2.45) is 0 Å². The first-order chi connectivity index (χ1) is 10.1. The maximum Gasteiger partial charge on any atom is 0.313 e. The Labute approximate surface area is 137 Å². The lowest BCUT2D eigenvalue weighted by Crippen LogP contribution is -2.10. The van der Waals surface area contributed by atoms with Crippen LogP contribution in [-0.2, 0) is 4.79 Å². The maximum atomic E-state index is 10.9. The summed E-state index contributed by atoms with van der Waals surface area (Å²) in [6, 6.07) is 6.40. The number of nitrogens with zero attached hydrogens (tertiary/aromatic N) is 2. The number of benzene rings is 1. The molecular formula is C15H19BrN2O2S. The normalized spacial score (nSPS) is 12.7. The second-order valence-electron chi connectivity index (χ2n) is 4.93. The summed E-state index contributed by atoms with van der Waals surface area (Å²) in [7, 11) is 0. The summed E-state index contributed by atoms with van der Waals surface area (Å²) in [6.45, 7) is 4.33. The van der Waals surface area contributed by atoms with Gasteiger partial charge in [0.15, 0.2) is 5.16 Å². The molecule has 0 aliphatic heterocycles. The molecule has 0 radical (unpaired) electrons. The molecule has 4 nitrogen and oxygen atoms in total. The fourth-order valence-corrected chi connectivity index (χ4v) is 3.63. The first-order valence-electron chi connectivity index (χ1n) is 7.08. The van der Waals surface area contributed by atoms with Crippen molar-refractivity contribution in [2.45, 2.75) is 44.3 Å². The van der Waals surface area contributed by atoms with Gasteiger partial charge in [-0.3, -0.25) is 4.79 Å². The molecule has 1 heterocycles. The molecule has 0 spiro atoms. The minimum atomic E-state index is -0.816. The van der Waals surface area contributed by atoms with E-state index in [1.165, 1.54) is 11.8 Å². The number of carboxylic acid groups (broad SMARTS) is 1. The van der Waals surface area contributed by atoms with Crippen LogP contribution in [0.3, 0.4) is 0 Å². The van der Waals surface area contributed by atoms with E-state index < -0.39 is 5.97 Å². The van der Waals surface area contributed by atoms with E-state index in [0.717, 1.165) is 39.9 Å². The number of aromatic nitrogens is 2. The SMILES string of the molecule is CCCC(CC)n1c(SCC(=O)O)nc2cc(Br)ccc21. The first-order valence-corrected chi connectivity index (χ1v) is 8.86. The van der Waals surface area contributed by atoms with Gasteiger partial charge in [-0.25, -0.2) is 4.98 Å². The summed E-state index contributed by atoms with van der Waals surface area (Å²) >= 11 is 4.76. The summed E-state index contributed by atoms with van der Waals surface area (Å²) in [4.78, 5) is 15.5. The fourth-order valence-electron chi connectivity index (χ4n) is 2.48. The third-order valence-electron chi connectivity index (χ3n) is 3.40. The highest BCUT2D eigenvalue weighted by Crippen LogP contribution is 2.32. The zero-order valence-corrected chi connectivity index (χ0v) is 14.6. The molecule has 1 atom stereocenters. The Hall–Kier alpha value is -1.01. The number of hydrogen-bond donors (Lipinski definition) is 1. The molecule has 0 saturated heterocycles. The lowest BCUT2D eigenvalue weighted by Gasteiger charge is -2.19. The van der Waals surface area contributed by atoms with Gasteiger partial charge in [0.25, 0.3) is 0 Å². The molecule has 2 aromatic rings. The predicted molar refractivity (Wildman–Crippen MR) is 90.0 cm³/mol. The molecule has 0 bridgehead atoms. The van der Waals surface area contributed by atoms with Gasteiger partial charge in [0.1, 0.15) is 0 Å². The molecule has 0 saturated carbocycles. The van der Waals surface area contributed by atoms with Crippen molar-refractivity contribution in [3.63, 3.8) is 0 Å². The maximum absolute atomic E-state index is 10.9. The van der Waals surface area contributed by atoms with Crippen LogP contribution in [0.25, 0.3) is 11.0 Å². The minimum Gasteiger partial charge on any atom is -0.481 e. The number of hydrogen-bond acceptors (Lipinski definition) is 3. The predicted octanol–water partition coefficient (Wildman–Crippen LogP) is 4.73. The summed E-state index contributed by atoms with van der Waals surface area (Å²) in [5.74, 6) is -0.782. The van der Waals surface area contributed by atoms with Gasteiger partial charge in [0.05, 0.1) is 16.8 Å². The number of rotatable bonds is 7. The van der Waals surface area contributed by atoms with E-state index in [1.54, 1.807) is 0 Å². The standard InChI is InChI=1S/C15H19BrN2O2S/c1-3-5-11(4-2)18-13-7-6-10(16)8-12(13)17-15(18)21-9-14(19)20/h6-8,11H,3-5,9H2,1-2H3,(H,19,20). The molecule has 114 valence electrons. The van der Waals surface area contributed by atoms with Gasteiger partial charge >= 0.3 is 5.97 Å². The molecular weight excluding hydrogens is 352 g/mol. The molecule has 1 aromatic heterocycles. The Bertz CT molecular complexity index is 642. The van der Waals surface area contributed by atoms with E-state index in [4.69, 9.17) is 5.11 Å². The number of imidazole rings is 1. The second-order valence-corrected chi connectivity index (χ2v) is 6.79. The van der Waals surface area contributed by atoms with Crippen molar-refractivity contribution in [1.82, 2.24) is 9.55 Å². The molecule has 0 fully saturated rings. The van der Waals surface area contributed by atoms with Gasteiger partial charge in [0.2, 0.25) is 0 Å². The molecule has 0 aliphatic rings. The van der Waals surface area contributed by atoms with Gasteiger partial charge < -0.3 is 9.67 Å². The Balaban J connectivity index is 2.50. The Morgan fingerprint density at radius 1 is 1.48 bits per heavy atom. The minimum absolute atomic E-state index is 0.0348. The Morgan fingerprint density at radius 2 is 2.24 bits per heavy atom. The Morgan fingerprint density at radius 3 is 2.86 bits per heavy atom. The summed E-state index contributed by atoms with van der Waals surface area (Å²) in [5.41, 5.74) is 1.98. The van der Waals surface area contributed by atoms with E-state index in [0.29, 0.717) is 6.04 Å². The molecule has 1 unspecified atom stereocenters. The zero-order valence-electron chi connectivity index (χ0n) is 12.2. The summed E-state index contributed by atoms with van der Waals surface area (Å²) < 4.78 is 3.19. The monoisotopic (exact) mass is 370 g/mol. The quantitative estimate of drug-likeness (QED) is 0.715. The first kappa shape index (κ1) is 16.4. The van der Waals surface area contributed by atoms with E-state index >= 15 is 0 Å². The van der Waals surface area contributed by atoms with Crippen molar-refractivity contribution in [2.75, 3.05) is 5.75 Å². The van der Waals surface area contributed by atoms with Crippen molar-refractivity contribution in [1.29, 1.82) is 0 Å². The molecule has 2 rings (SSSR count). The van der Waals surface area contributed by atoms with Gasteiger partial charge in [-0.15, -0.1) is 0 Å². The van der Waals surface area contributed by atoms with Crippen LogP contribution in [0.1, 0.15) is 39.2 Å². The molecule has 6 heteroatoms. The smallest absolute Gasteiger partial charge is 0.313 e. The van der Waals surface area contributed by atoms with Crippen molar-refractivity contribution in [3.05, 3.63) is 22.7 Å². The van der Waals surface area contributed by atoms with Crippen molar-refractivity contribution < 1.29 is 9.90 Å². The number of thioether (sulfide) groups is 1. The largest absolute Gasteiger partial charge is 0.481 e. The van der Waals surface area contributed by atoms with Crippen LogP contribution < -0.4 is 0 Å². The molecule has 1 aromatic carbocycles. The number of carboxylic acids is 1. The number of fused-ring (bicyclic) bond motifs is 1. The number of carbonyl (C=O) groups is 1. The van der Waals surface area contributed by atoms with Crippen molar-refractivity contribution >= 4 is 44.7 Å². The van der Waals surface area contributed by atoms with Crippen LogP contribution in [0.4, 0.5) is 0 Å². The molecule has 0 aliphatic carbocycles. The molecule has 1 N–H and O–H groups in total. The third-order valence-corrected chi connectivity index (χ3v) is 4.83. The molecule has 0 amide bonds. The van der Waals surface area contributed by atoms with Gasteiger partial charge in [-0.05, 0) is 31.0 Å². The van der Waals surface area contributed by atoms with Crippen LogP contribution >= 0.6 is 27.7 Å². The van der Waals surface area contributed by atoms with E-state index in [1.807, 2.05) is 12.1 Å². The summed E-state index contributed by atoms with van der Waals surface area (Å²) in [5, 5.41) is 9.72. The highest BCUT2D eigenvalue weighted by atomic mass is 79.9. The lowest BCUT2D eigenvalue weighted by molar-refractivity contribution is -0.133. The summed E-state index contributed by atoms with van der Waals surface area (Å²) in [6.07, 6.45) is 3.17. The topological polar surface area (TPSA) is 55.1 Å². The third kappa shape index (κ3) is 3.80. The van der Waals surface area contributed by atoms with Gasteiger partial charge in [-0.2, -0.15) is 0 Å². The van der Waals surface area contributed by atoms with Crippen LogP contribution in [0.15, 0.2) is 27.8 Å².